The van der Waals surface area contributed by atoms with Crippen molar-refractivity contribution in [2.75, 3.05) is 12.4 Å². The molecular weight excluding hydrogens is 486 g/mol. The minimum atomic E-state index is -4.32. The number of alkyl halides is 1. The van der Waals surface area contributed by atoms with Crippen molar-refractivity contribution in [2.24, 2.45) is 0 Å². The number of nitrogens with zero attached hydrogens (tertiary/aromatic N) is 1. The first-order valence-corrected chi connectivity index (χ1v) is 12.2. The van der Waals surface area contributed by atoms with Gasteiger partial charge < -0.3 is 0 Å². The first kappa shape index (κ1) is 25.9. The molecule has 0 aromatic heterocycles. The van der Waals surface area contributed by atoms with Crippen LogP contribution in [0, 0.1) is 17.1 Å². The van der Waals surface area contributed by atoms with Crippen molar-refractivity contribution in [3.63, 3.8) is 0 Å². The van der Waals surface area contributed by atoms with Crippen molar-refractivity contribution in [1.82, 2.24) is 4.72 Å². The van der Waals surface area contributed by atoms with Crippen molar-refractivity contribution in [2.45, 2.75) is 49.1 Å². The Morgan fingerprint density at radius 2 is 1.93 bits per heavy atom. The number of nitrogens with one attached hydrogen (secondary N) is 1. The molecule has 1 rings (SSSR count). The van der Waals surface area contributed by atoms with E-state index in [-0.39, 0.29) is 12.0 Å². The summed E-state index contributed by atoms with van der Waals surface area (Å²) in [4.78, 5) is 0. The van der Waals surface area contributed by atoms with Crippen LogP contribution in [-0.2, 0) is 26.4 Å². The number of rotatable bonds is 9. The number of sulfone groups is 1. The molecule has 0 aliphatic heterocycles. The zero-order valence-corrected chi connectivity index (χ0v) is 20.0. The van der Waals surface area contributed by atoms with Crippen LogP contribution >= 0.6 is 15.9 Å². The number of hydrogen-bond donors (Lipinski definition) is 1. The molecule has 1 N–H and O–H groups in total. The molecule has 29 heavy (non-hydrogen) atoms. The highest BCUT2D eigenvalue weighted by atomic mass is 79.9. The third kappa shape index (κ3) is 5.72. The molecule has 0 amide bonds. The molecular formula is C19H25BrF2N2O3S2. The van der Waals surface area contributed by atoms with Crippen molar-refractivity contribution >= 4 is 36.8 Å². The van der Waals surface area contributed by atoms with Gasteiger partial charge in [0.1, 0.15) is 18.0 Å². The van der Waals surface area contributed by atoms with Crippen LogP contribution in [0.4, 0.5) is 8.78 Å². The van der Waals surface area contributed by atoms with E-state index in [9.17, 15) is 26.7 Å². The molecule has 162 valence electrons. The summed E-state index contributed by atoms with van der Waals surface area (Å²) in [6, 6.07) is 5.43. The Kier molecular flexibility index (Phi) is 8.33. The quantitative estimate of drug-likeness (QED) is 0.507. The van der Waals surface area contributed by atoms with Crippen molar-refractivity contribution in [1.29, 1.82) is 5.26 Å². The molecule has 3 atom stereocenters. The van der Waals surface area contributed by atoms with Crippen LogP contribution < -0.4 is 4.72 Å². The molecule has 0 saturated carbocycles. The van der Waals surface area contributed by atoms with Crippen molar-refractivity contribution < 1.29 is 21.4 Å². The van der Waals surface area contributed by atoms with E-state index in [4.69, 9.17) is 0 Å². The maximum atomic E-state index is 14.7. The van der Waals surface area contributed by atoms with Crippen LogP contribution in [0.15, 0.2) is 35.3 Å². The van der Waals surface area contributed by atoms with Gasteiger partial charge in [0, 0.05) is 10.0 Å². The Hall–Kier alpha value is -1.15. The molecule has 0 fully saturated rings. The van der Waals surface area contributed by atoms with Gasteiger partial charge in [-0.2, -0.15) is 5.26 Å². The van der Waals surface area contributed by atoms with Gasteiger partial charge in [-0.05, 0) is 52.3 Å². The molecule has 0 bridgehead atoms. The summed E-state index contributed by atoms with van der Waals surface area (Å²) in [5.41, 5.74) is -2.46. The number of hydrogen-bond acceptors (Lipinski definition) is 4. The lowest BCUT2D eigenvalue weighted by atomic mass is 9.94. The zero-order chi connectivity index (χ0) is 22.7. The fourth-order valence-corrected chi connectivity index (χ4v) is 5.63. The molecule has 0 aliphatic carbocycles. The summed E-state index contributed by atoms with van der Waals surface area (Å²) >= 11 is 3.17. The SMILES string of the molecule is C=CCC(C)(C#N)S(=O)(=O)CC(CF)(NS(=O)C(C)(C)C)c1cc(Br)ccc1F. The molecule has 5 nitrogen and oxygen atoms in total. The normalized spacial score (nSPS) is 17.6. The summed E-state index contributed by atoms with van der Waals surface area (Å²) in [7, 11) is -6.25. The monoisotopic (exact) mass is 510 g/mol. The Morgan fingerprint density at radius 3 is 2.38 bits per heavy atom. The smallest absolute Gasteiger partial charge is 0.171 e. The topological polar surface area (TPSA) is 87.0 Å². The van der Waals surface area contributed by atoms with Gasteiger partial charge in [0.25, 0.3) is 0 Å². The van der Waals surface area contributed by atoms with Crippen LogP contribution in [0.2, 0.25) is 0 Å². The fourth-order valence-electron chi connectivity index (χ4n) is 2.50. The van der Waals surface area contributed by atoms with Crippen LogP contribution in [-0.4, -0.2) is 34.5 Å². The van der Waals surface area contributed by atoms with Crippen LogP contribution in [0.5, 0.6) is 0 Å². The van der Waals surface area contributed by atoms with Crippen LogP contribution in [0.1, 0.15) is 39.7 Å². The van der Waals surface area contributed by atoms with Gasteiger partial charge in [-0.1, -0.05) is 22.0 Å². The molecule has 1 aromatic rings. The molecule has 0 aliphatic rings. The average Bonchev–Trinajstić information content (AvgIpc) is 2.61. The number of nitriles is 1. The van der Waals surface area contributed by atoms with Gasteiger partial charge in [0.2, 0.25) is 0 Å². The van der Waals surface area contributed by atoms with Gasteiger partial charge in [-0.3, -0.25) is 0 Å². The molecule has 0 radical (unpaired) electrons. The van der Waals surface area contributed by atoms with Crippen LogP contribution in [0.3, 0.4) is 0 Å². The second-order valence-electron chi connectivity index (χ2n) is 7.92. The third-order valence-electron chi connectivity index (χ3n) is 4.41. The van der Waals surface area contributed by atoms with E-state index in [1.807, 2.05) is 0 Å². The highest BCUT2D eigenvalue weighted by Gasteiger charge is 2.48. The summed E-state index contributed by atoms with van der Waals surface area (Å²) in [5.74, 6) is -1.83. The lowest BCUT2D eigenvalue weighted by Gasteiger charge is -2.36. The Labute approximate surface area is 182 Å². The van der Waals surface area contributed by atoms with E-state index >= 15 is 0 Å². The van der Waals surface area contributed by atoms with Crippen molar-refractivity contribution in [3.05, 3.63) is 46.7 Å². The summed E-state index contributed by atoms with van der Waals surface area (Å²) in [5, 5.41) is 9.47. The molecule has 10 heteroatoms. The first-order chi connectivity index (χ1) is 13.2. The molecule has 0 spiro atoms. The van der Waals surface area contributed by atoms with Crippen molar-refractivity contribution in [3.8, 4) is 6.07 Å². The Bertz CT molecular complexity index is 942. The molecule has 3 unspecified atom stereocenters. The Morgan fingerprint density at radius 1 is 1.34 bits per heavy atom. The summed E-state index contributed by atoms with van der Waals surface area (Å²) < 4.78 is 68.4. The fraction of sp³-hybridized carbons (Fsp3) is 0.526. The summed E-state index contributed by atoms with van der Waals surface area (Å²) in [6.07, 6.45) is 1.08. The number of halogens is 3. The highest BCUT2D eigenvalue weighted by molar-refractivity contribution is 9.10. The lowest BCUT2D eigenvalue weighted by molar-refractivity contribution is 0.303. The minimum Gasteiger partial charge on any atom is -0.249 e. The molecule has 0 saturated heterocycles. The second kappa shape index (κ2) is 9.33. The predicted octanol–water partition coefficient (Wildman–Crippen LogP) is 4.08. The number of allylic oxidation sites excluding steroid dienone is 1. The summed E-state index contributed by atoms with van der Waals surface area (Å²) in [6.45, 7) is 8.14. The standard InChI is InChI=1S/C19H25BrF2N2O3S2/c1-6-9-18(5,12-23)29(26,27)13-19(11-21,24-28(25)17(2,3)4)15-10-14(20)7-8-16(15)22/h6-8,10,24H,1,9,11,13H2,2-5H3. The highest BCUT2D eigenvalue weighted by Crippen LogP contribution is 2.34. The van der Waals surface area contributed by atoms with E-state index < -0.39 is 54.1 Å². The first-order valence-electron chi connectivity index (χ1n) is 8.64. The molecule has 0 heterocycles. The van der Waals surface area contributed by atoms with Crippen LogP contribution in [0.25, 0.3) is 0 Å². The lowest BCUT2D eigenvalue weighted by Crippen LogP contribution is -2.56. The van der Waals surface area contributed by atoms with E-state index in [0.717, 1.165) is 6.07 Å². The van der Waals surface area contributed by atoms with E-state index in [1.165, 1.54) is 25.1 Å². The average molecular weight is 511 g/mol. The van der Waals surface area contributed by atoms with E-state index in [2.05, 4.69) is 27.2 Å². The zero-order valence-electron chi connectivity index (χ0n) is 16.8. The van der Waals surface area contributed by atoms with Gasteiger partial charge >= 0.3 is 0 Å². The molecule has 1 aromatic carbocycles. The predicted molar refractivity (Wildman–Crippen MR) is 115 cm³/mol. The van der Waals surface area contributed by atoms with E-state index in [0.29, 0.717) is 4.47 Å². The van der Waals surface area contributed by atoms with Gasteiger partial charge in [-0.25, -0.2) is 26.1 Å². The maximum absolute atomic E-state index is 14.7. The van der Waals surface area contributed by atoms with E-state index in [1.54, 1.807) is 26.8 Å². The third-order valence-corrected chi connectivity index (χ3v) is 9.09. The number of benzene rings is 1. The minimum absolute atomic E-state index is 0.197. The second-order valence-corrected chi connectivity index (χ2v) is 13.2. The largest absolute Gasteiger partial charge is 0.249 e. The maximum Gasteiger partial charge on any atom is 0.171 e. The van der Waals surface area contributed by atoms with Gasteiger partial charge in [0.05, 0.1) is 27.6 Å². The Balaban J connectivity index is 3.72. The van der Waals surface area contributed by atoms with Gasteiger partial charge in [-0.15, -0.1) is 6.58 Å². The van der Waals surface area contributed by atoms with Gasteiger partial charge in [0.15, 0.2) is 14.6 Å².